The molecular formula is C22H27N3O4. The van der Waals surface area contributed by atoms with Crippen LogP contribution in [0.2, 0.25) is 0 Å². The van der Waals surface area contributed by atoms with Crippen LogP contribution in [0.15, 0.2) is 18.2 Å². The fourth-order valence-corrected chi connectivity index (χ4v) is 5.49. The molecule has 1 aromatic carbocycles. The molecule has 1 heterocycles. The molecule has 2 saturated carbocycles. The molecule has 0 unspecified atom stereocenters. The van der Waals surface area contributed by atoms with Crippen molar-refractivity contribution in [3.8, 4) is 0 Å². The topological polar surface area (TPSA) is 86.8 Å². The maximum absolute atomic E-state index is 12.9. The van der Waals surface area contributed by atoms with Gasteiger partial charge in [-0.2, -0.15) is 0 Å². The normalized spacial score (nSPS) is 27.1. The molecule has 3 aliphatic rings. The van der Waals surface area contributed by atoms with Crippen molar-refractivity contribution in [1.82, 2.24) is 9.80 Å². The lowest BCUT2D eigenvalue weighted by Gasteiger charge is -2.32. The van der Waals surface area contributed by atoms with E-state index in [1.807, 2.05) is 39.0 Å². The zero-order chi connectivity index (χ0) is 20.9. The van der Waals surface area contributed by atoms with Crippen LogP contribution in [-0.4, -0.2) is 46.1 Å². The number of carbonyl (C=O) groups excluding carboxylic acids is 4. The van der Waals surface area contributed by atoms with Crippen LogP contribution < -0.4 is 5.32 Å². The summed E-state index contributed by atoms with van der Waals surface area (Å²) in [4.78, 5) is 52.1. The molecule has 29 heavy (non-hydrogen) atoms. The van der Waals surface area contributed by atoms with Crippen molar-refractivity contribution >= 4 is 29.4 Å². The van der Waals surface area contributed by atoms with Crippen LogP contribution >= 0.6 is 0 Å². The van der Waals surface area contributed by atoms with Crippen molar-refractivity contribution in [1.29, 1.82) is 0 Å². The highest BCUT2D eigenvalue weighted by Crippen LogP contribution is 2.50. The molecule has 1 N–H and O–H groups in total. The summed E-state index contributed by atoms with van der Waals surface area (Å²) in [6, 6.07) is 4.62. The molecule has 1 aliphatic heterocycles. The third-order valence-corrected chi connectivity index (χ3v) is 6.71. The number of hydrogen-bond acceptors (Lipinski definition) is 4. The number of rotatable bonds is 5. The summed E-state index contributed by atoms with van der Waals surface area (Å²) in [6.07, 6.45) is 4.51. The maximum Gasteiger partial charge on any atom is 0.334 e. The molecule has 0 spiro atoms. The van der Waals surface area contributed by atoms with Crippen molar-refractivity contribution in [3.63, 3.8) is 0 Å². The molecule has 4 rings (SSSR count). The van der Waals surface area contributed by atoms with Crippen LogP contribution in [-0.2, 0) is 14.4 Å². The van der Waals surface area contributed by atoms with Crippen molar-refractivity contribution in [2.75, 3.05) is 11.9 Å². The quantitative estimate of drug-likeness (QED) is 0.611. The molecule has 0 aromatic heterocycles. The summed E-state index contributed by atoms with van der Waals surface area (Å²) in [6.45, 7) is 5.23. The second kappa shape index (κ2) is 7.28. The van der Waals surface area contributed by atoms with Gasteiger partial charge in [0, 0.05) is 11.7 Å². The highest BCUT2D eigenvalue weighted by molar-refractivity contribution is 6.45. The number of carbonyl (C=O) groups is 4. The monoisotopic (exact) mass is 397 g/mol. The number of anilines is 1. The Morgan fingerprint density at radius 2 is 1.76 bits per heavy atom. The highest BCUT2D eigenvalue weighted by atomic mass is 16.2. The minimum Gasteiger partial charge on any atom is -0.325 e. The minimum absolute atomic E-state index is 0.249. The van der Waals surface area contributed by atoms with Gasteiger partial charge in [-0.3, -0.25) is 19.3 Å². The van der Waals surface area contributed by atoms with Crippen LogP contribution in [0.4, 0.5) is 10.5 Å². The molecular weight excluding hydrogens is 370 g/mol. The fraction of sp³-hybridized carbons (Fsp3) is 0.545. The lowest BCUT2D eigenvalue weighted by molar-refractivity contribution is -0.144. The second-order valence-electron chi connectivity index (χ2n) is 8.85. The summed E-state index contributed by atoms with van der Waals surface area (Å²) in [5, 5.41) is 2.71. The number of aryl methyl sites for hydroxylation is 2. The summed E-state index contributed by atoms with van der Waals surface area (Å²) >= 11 is 0. The maximum atomic E-state index is 12.9. The van der Waals surface area contributed by atoms with E-state index in [4.69, 9.17) is 0 Å². The molecule has 2 bridgehead atoms. The smallest absolute Gasteiger partial charge is 0.325 e. The molecule has 2 aliphatic carbocycles. The Bertz CT molecular complexity index is 876. The van der Waals surface area contributed by atoms with Gasteiger partial charge >= 0.3 is 17.8 Å². The lowest BCUT2D eigenvalue weighted by atomic mass is 9.83. The first kappa shape index (κ1) is 19.6. The van der Waals surface area contributed by atoms with Crippen LogP contribution in [0.3, 0.4) is 0 Å². The predicted octanol–water partition coefficient (Wildman–Crippen LogP) is 2.86. The van der Waals surface area contributed by atoms with E-state index < -0.39 is 30.3 Å². The third-order valence-electron chi connectivity index (χ3n) is 6.71. The van der Waals surface area contributed by atoms with Crippen molar-refractivity contribution in [2.45, 2.75) is 52.5 Å². The van der Waals surface area contributed by atoms with E-state index in [2.05, 4.69) is 5.32 Å². The molecule has 3 fully saturated rings. The van der Waals surface area contributed by atoms with E-state index in [1.54, 1.807) is 0 Å². The number of amides is 5. The van der Waals surface area contributed by atoms with Crippen LogP contribution in [0.25, 0.3) is 0 Å². The van der Waals surface area contributed by atoms with Gasteiger partial charge in [-0.05, 0) is 81.0 Å². The Morgan fingerprint density at radius 3 is 2.34 bits per heavy atom. The number of urea groups is 1. The van der Waals surface area contributed by atoms with E-state index in [-0.39, 0.29) is 12.0 Å². The molecule has 4 atom stereocenters. The second-order valence-corrected chi connectivity index (χ2v) is 8.85. The van der Waals surface area contributed by atoms with Crippen LogP contribution in [0.1, 0.15) is 43.7 Å². The zero-order valence-electron chi connectivity index (χ0n) is 17.1. The van der Waals surface area contributed by atoms with Gasteiger partial charge < -0.3 is 5.32 Å². The van der Waals surface area contributed by atoms with Crippen molar-refractivity contribution in [3.05, 3.63) is 29.3 Å². The van der Waals surface area contributed by atoms with Crippen molar-refractivity contribution in [2.24, 2.45) is 17.8 Å². The predicted molar refractivity (Wildman–Crippen MR) is 107 cm³/mol. The molecule has 1 saturated heterocycles. The Hall–Kier alpha value is -2.70. The standard InChI is InChI=1S/C22H27N3O4/c1-12-6-13(2)8-17(7-12)23-19(26)11-24-20(27)21(28)25(22(24)29)14(3)18-10-15-4-5-16(18)9-15/h6-8,14-16,18H,4-5,9-11H2,1-3H3,(H,23,26)/t14-,15-,16-,18+/m0/s1. The first-order chi connectivity index (χ1) is 13.7. The largest absolute Gasteiger partial charge is 0.334 e. The summed E-state index contributed by atoms with van der Waals surface area (Å²) in [5.41, 5.74) is 2.59. The van der Waals surface area contributed by atoms with Gasteiger partial charge in [0.2, 0.25) is 5.91 Å². The molecule has 5 amide bonds. The first-order valence-corrected chi connectivity index (χ1v) is 10.3. The molecule has 0 radical (unpaired) electrons. The molecule has 1 aromatic rings. The summed E-state index contributed by atoms with van der Waals surface area (Å²) in [7, 11) is 0. The van der Waals surface area contributed by atoms with E-state index in [0.29, 0.717) is 17.5 Å². The molecule has 7 nitrogen and oxygen atoms in total. The molecule has 7 heteroatoms. The minimum atomic E-state index is -0.916. The Morgan fingerprint density at radius 1 is 1.07 bits per heavy atom. The van der Waals surface area contributed by atoms with Crippen LogP contribution in [0.5, 0.6) is 0 Å². The SMILES string of the molecule is Cc1cc(C)cc(NC(=O)CN2C(=O)C(=O)N([C@@H](C)[C@H]3C[C@H]4CC[C@H]3C4)C2=O)c1. The zero-order valence-corrected chi connectivity index (χ0v) is 17.1. The van der Waals surface area contributed by atoms with Gasteiger partial charge in [-0.25, -0.2) is 9.69 Å². The van der Waals surface area contributed by atoms with Gasteiger partial charge in [-0.1, -0.05) is 12.5 Å². The average molecular weight is 397 g/mol. The Labute approximate surface area is 170 Å². The van der Waals surface area contributed by atoms with Gasteiger partial charge in [0.25, 0.3) is 0 Å². The van der Waals surface area contributed by atoms with E-state index in [9.17, 15) is 19.2 Å². The number of nitrogens with zero attached hydrogens (tertiary/aromatic N) is 2. The third kappa shape index (κ3) is 3.54. The van der Waals surface area contributed by atoms with E-state index in [0.717, 1.165) is 40.2 Å². The van der Waals surface area contributed by atoms with E-state index >= 15 is 0 Å². The summed E-state index contributed by atoms with van der Waals surface area (Å²) < 4.78 is 0. The summed E-state index contributed by atoms with van der Waals surface area (Å²) in [5.74, 6) is -0.786. The van der Waals surface area contributed by atoms with Crippen LogP contribution in [0, 0.1) is 31.6 Å². The van der Waals surface area contributed by atoms with Gasteiger partial charge in [-0.15, -0.1) is 0 Å². The van der Waals surface area contributed by atoms with Gasteiger partial charge in [0.15, 0.2) is 0 Å². The van der Waals surface area contributed by atoms with E-state index in [1.165, 1.54) is 6.42 Å². The molecule has 154 valence electrons. The van der Waals surface area contributed by atoms with Gasteiger partial charge in [0.05, 0.1) is 0 Å². The number of benzene rings is 1. The first-order valence-electron chi connectivity index (χ1n) is 10.3. The number of fused-ring (bicyclic) bond motifs is 2. The fourth-order valence-electron chi connectivity index (χ4n) is 5.49. The Kier molecular flexibility index (Phi) is 4.92. The van der Waals surface area contributed by atoms with Gasteiger partial charge in [0.1, 0.15) is 6.54 Å². The number of nitrogens with one attached hydrogen (secondary N) is 1. The number of hydrogen-bond donors (Lipinski definition) is 1. The van der Waals surface area contributed by atoms with Crippen molar-refractivity contribution < 1.29 is 19.2 Å². The number of imide groups is 2. The highest BCUT2D eigenvalue weighted by Gasteiger charge is 2.52. The lowest BCUT2D eigenvalue weighted by Crippen LogP contribution is -2.45. The Balaban J connectivity index is 1.44. The average Bonchev–Trinajstić information content (AvgIpc) is 3.32.